The Morgan fingerprint density at radius 1 is 1.38 bits per heavy atom. The SMILES string of the molecule is N#C/C(=C1\C=CC=CN1)c1cc(Cl)ncn1. The first-order valence-electron chi connectivity index (χ1n) is 4.53. The van der Waals surface area contributed by atoms with E-state index in [9.17, 15) is 0 Å². The van der Waals surface area contributed by atoms with Crippen molar-refractivity contribution in [3.63, 3.8) is 0 Å². The second kappa shape index (κ2) is 4.60. The largest absolute Gasteiger partial charge is 0.361 e. The van der Waals surface area contributed by atoms with Gasteiger partial charge in [-0.25, -0.2) is 9.97 Å². The van der Waals surface area contributed by atoms with Crippen LogP contribution in [0.15, 0.2) is 42.5 Å². The lowest BCUT2D eigenvalue weighted by molar-refractivity contribution is 1.08. The highest BCUT2D eigenvalue weighted by Crippen LogP contribution is 2.18. The molecule has 1 aliphatic rings. The summed E-state index contributed by atoms with van der Waals surface area (Å²) >= 11 is 5.75. The van der Waals surface area contributed by atoms with Crippen molar-refractivity contribution in [1.82, 2.24) is 15.3 Å². The van der Waals surface area contributed by atoms with Gasteiger partial charge in [0.15, 0.2) is 0 Å². The van der Waals surface area contributed by atoms with Crippen LogP contribution in [0, 0.1) is 11.3 Å². The Morgan fingerprint density at radius 2 is 2.25 bits per heavy atom. The maximum absolute atomic E-state index is 9.11. The van der Waals surface area contributed by atoms with Crippen molar-refractivity contribution in [2.45, 2.75) is 0 Å². The van der Waals surface area contributed by atoms with Gasteiger partial charge in [0.2, 0.25) is 0 Å². The zero-order valence-electron chi connectivity index (χ0n) is 8.18. The number of nitriles is 1. The molecule has 0 atom stereocenters. The van der Waals surface area contributed by atoms with Gasteiger partial charge in [-0.05, 0) is 12.2 Å². The van der Waals surface area contributed by atoms with Crippen molar-refractivity contribution >= 4 is 17.2 Å². The van der Waals surface area contributed by atoms with Crippen molar-refractivity contribution in [2.24, 2.45) is 0 Å². The number of halogens is 1. The molecule has 0 radical (unpaired) electrons. The van der Waals surface area contributed by atoms with Crippen LogP contribution in [0.5, 0.6) is 0 Å². The quantitative estimate of drug-likeness (QED) is 0.592. The van der Waals surface area contributed by atoms with E-state index in [4.69, 9.17) is 16.9 Å². The summed E-state index contributed by atoms with van der Waals surface area (Å²) in [5.74, 6) is 0. The number of allylic oxidation sites excluding steroid dienone is 4. The molecule has 5 heteroatoms. The summed E-state index contributed by atoms with van der Waals surface area (Å²) in [6.07, 6.45) is 8.55. The van der Waals surface area contributed by atoms with Crippen molar-refractivity contribution in [3.8, 4) is 6.07 Å². The van der Waals surface area contributed by atoms with Gasteiger partial charge in [-0.1, -0.05) is 17.7 Å². The summed E-state index contributed by atoms with van der Waals surface area (Å²) in [5.41, 5.74) is 1.63. The van der Waals surface area contributed by atoms with Crippen molar-refractivity contribution in [2.75, 3.05) is 0 Å². The third kappa shape index (κ3) is 2.10. The molecule has 0 fully saturated rings. The first kappa shape index (κ1) is 10.4. The average molecular weight is 231 g/mol. The summed E-state index contributed by atoms with van der Waals surface area (Å²) in [5, 5.41) is 12.4. The fourth-order valence-electron chi connectivity index (χ4n) is 1.27. The van der Waals surface area contributed by atoms with Gasteiger partial charge in [0.05, 0.1) is 11.4 Å². The number of dihydropyridines is 1. The Morgan fingerprint density at radius 3 is 2.88 bits per heavy atom. The number of aromatic nitrogens is 2. The molecule has 0 saturated carbocycles. The molecule has 0 unspecified atom stereocenters. The normalized spacial score (nSPS) is 16.5. The first-order chi connectivity index (χ1) is 7.81. The van der Waals surface area contributed by atoms with E-state index in [0.717, 1.165) is 0 Å². The van der Waals surface area contributed by atoms with E-state index >= 15 is 0 Å². The number of rotatable bonds is 1. The minimum Gasteiger partial charge on any atom is -0.361 e. The minimum atomic E-state index is 0.314. The molecule has 2 rings (SSSR count). The maximum Gasteiger partial charge on any atom is 0.133 e. The monoisotopic (exact) mass is 230 g/mol. The summed E-state index contributed by atoms with van der Waals surface area (Å²) < 4.78 is 0. The molecule has 0 aromatic carbocycles. The molecule has 2 heterocycles. The van der Waals surface area contributed by atoms with Gasteiger partial charge in [0.25, 0.3) is 0 Å². The van der Waals surface area contributed by atoms with Crippen LogP contribution >= 0.6 is 11.6 Å². The highest BCUT2D eigenvalue weighted by Gasteiger charge is 2.09. The molecule has 78 valence electrons. The zero-order chi connectivity index (χ0) is 11.4. The molecule has 0 amide bonds. The van der Waals surface area contributed by atoms with Crippen LogP contribution in [-0.2, 0) is 0 Å². The molecule has 0 bridgehead atoms. The van der Waals surface area contributed by atoms with Crippen LogP contribution in [0.2, 0.25) is 5.15 Å². The molecule has 0 aliphatic carbocycles. The Bertz CT molecular complexity index is 537. The second-order valence-corrected chi connectivity index (χ2v) is 3.38. The van der Waals surface area contributed by atoms with Crippen LogP contribution in [-0.4, -0.2) is 9.97 Å². The first-order valence-corrected chi connectivity index (χ1v) is 4.91. The van der Waals surface area contributed by atoms with Gasteiger partial charge < -0.3 is 5.32 Å². The van der Waals surface area contributed by atoms with Gasteiger partial charge in [0.1, 0.15) is 23.1 Å². The molecule has 4 nitrogen and oxygen atoms in total. The van der Waals surface area contributed by atoms with E-state index in [1.807, 2.05) is 12.2 Å². The van der Waals surface area contributed by atoms with Gasteiger partial charge >= 0.3 is 0 Å². The molecular weight excluding hydrogens is 224 g/mol. The zero-order valence-corrected chi connectivity index (χ0v) is 8.94. The van der Waals surface area contributed by atoms with E-state index in [-0.39, 0.29) is 0 Å². The molecular formula is C11H7ClN4. The van der Waals surface area contributed by atoms with Crippen molar-refractivity contribution in [3.05, 3.63) is 53.4 Å². The fourth-order valence-corrected chi connectivity index (χ4v) is 1.42. The number of hydrogen-bond donors (Lipinski definition) is 1. The standard InChI is InChI=1S/C11H7ClN4/c12-11-5-10(15-7-16-11)8(6-13)9-3-1-2-4-14-9/h1-5,7,14H/b9-8-. The molecule has 0 saturated heterocycles. The lowest BCUT2D eigenvalue weighted by Crippen LogP contribution is -2.08. The van der Waals surface area contributed by atoms with Crippen LogP contribution in [0.3, 0.4) is 0 Å². The predicted octanol–water partition coefficient (Wildman–Crippen LogP) is 2.04. The topological polar surface area (TPSA) is 61.6 Å². The summed E-state index contributed by atoms with van der Waals surface area (Å²) in [6.45, 7) is 0. The van der Waals surface area contributed by atoms with Gasteiger partial charge in [0, 0.05) is 12.3 Å². The summed E-state index contributed by atoms with van der Waals surface area (Å²) in [4.78, 5) is 7.78. The minimum absolute atomic E-state index is 0.314. The third-order valence-corrected chi connectivity index (χ3v) is 2.19. The maximum atomic E-state index is 9.11. The fraction of sp³-hybridized carbons (Fsp3) is 0. The number of nitrogens with zero attached hydrogens (tertiary/aromatic N) is 3. The highest BCUT2D eigenvalue weighted by atomic mass is 35.5. The molecule has 1 aromatic rings. The van der Waals surface area contributed by atoms with Crippen LogP contribution < -0.4 is 5.32 Å². The molecule has 1 aromatic heterocycles. The van der Waals surface area contributed by atoms with Gasteiger partial charge in [-0.2, -0.15) is 5.26 Å². The Balaban J connectivity index is 2.49. The van der Waals surface area contributed by atoms with Gasteiger partial charge in [-0.15, -0.1) is 0 Å². The van der Waals surface area contributed by atoms with Gasteiger partial charge in [-0.3, -0.25) is 0 Å². The number of nitrogens with one attached hydrogen (secondary N) is 1. The Labute approximate surface area is 97.6 Å². The van der Waals surface area contributed by atoms with E-state index in [1.54, 1.807) is 18.3 Å². The van der Waals surface area contributed by atoms with Crippen LogP contribution in [0.4, 0.5) is 0 Å². The highest BCUT2D eigenvalue weighted by molar-refractivity contribution is 6.29. The Hall–Kier alpha value is -2.12. The molecule has 1 aliphatic heterocycles. The van der Waals surface area contributed by atoms with E-state index in [1.165, 1.54) is 6.33 Å². The molecule has 0 spiro atoms. The van der Waals surface area contributed by atoms with E-state index in [0.29, 0.717) is 22.1 Å². The summed E-state index contributed by atoms with van der Waals surface area (Å²) in [6, 6.07) is 3.65. The number of hydrogen-bond acceptors (Lipinski definition) is 4. The second-order valence-electron chi connectivity index (χ2n) is 2.99. The lowest BCUT2D eigenvalue weighted by Gasteiger charge is -2.08. The Kier molecular flexibility index (Phi) is 2.99. The van der Waals surface area contributed by atoms with Crippen molar-refractivity contribution < 1.29 is 0 Å². The van der Waals surface area contributed by atoms with E-state index in [2.05, 4.69) is 21.4 Å². The van der Waals surface area contributed by atoms with Crippen LogP contribution in [0.1, 0.15) is 5.69 Å². The van der Waals surface area contributed by atoms with Crippen LogP contribution in [0.25, 0.3) is 5.57 Å². The molecule has 1 N–H and O–H groups in total. The van der Waals surface area contributed by atoms with Crippen molar-refractivity contribution in [1.29, 1.82) is 5.26 Å². The smallest absolute Gasteiger partial charge is 0.133 e. The average Bonchev–Trinajstić information content (AvgIpc) is 2.31. The molecule has 16 heavy (non-hydrogen) atoms. The predicted molar refractivity (Wildman–Crippen MR) is 61.0 cm³/mol. The van der Waals surface area contributed by atoms with E-state index < -0.39 is 0 Å². The summed E-state index contributed by atoms with van der Waals surface area (Å²) in [7, 11) is 0. The third-order valence-electron chi connectivity index (χ3n) is 1.98. The lowest BCUT2D eigenvalue weighted by atomic mass is 10.1.